The number of likely N-dealkylation sites (tertiary alicyclic amines) is 1. The molecule has 0 spiro atoms. The molecule has 118 valence electrons. The Bertz CT molecular complexity index is 527. The Balaban J connectivity index is 1.49. The highest BCUT2D eigenvalue weighted by Crippen LogP contribution is 2.31. The van der Waals surface area contributed by atoms with Crippen molar-refractivity contribution < 1.29 is 9.53 Å². The Morgan fingerprint density at radius 2 is 1.86 bits per heavy atom. The van der Waals surface area contributed by atoms with Gasteiger partial charge >= 0.3 is 0 Å². The Hall–Kier alpha value is -1.39. The lowest BCUT2D eigenvalue weighted by molar-refractivity contribution is -0.153. The van der Waals surface area contributed by atoms with Crippen LogP contribution in [-0.4, -0.2) is 53.6 Å². The van der Waals surface area contributed by atoms with Gasteiger partial charge < -0.3 is 9.64 Å². The second-order valence-electron chi connectivity index (χ2n) is 6.82. The van der Waals surface area contributed by atoms with Gasteiger partial charge in [-0.05, 0) is 18.4 Å². The Labute approximate surface area is 132 Å². The third kappa shape index (κ3) is 2.66. The van der Waals surface area contributed by atoms with Gasteiger partial charge in [0.2, 0.25) is 5.91 Å². The number of ether oxygens (including phenoxy) is 1. The monoisotopic (exact) mass is 300 g/mol. The van der Waals surface area contributed by atoms with Gasteiger partial charge in [0.15, 0.2) is 0 Å². The van der Waals surface area contributed by atoms with Gasteiger partial charge in [-0.15, -0.1) is 0 Å². The van der Waals surface area contributed by atoms with Crippen LogP contribution in [0, 0.1) is 0 Å². The van der Waals surface area contributed by atoms with Crippen LogP contribution in [0.15, 0.2) is 30.3 Å². The number of fused-ring (bicyclic) bond motifs is 1. The summed E-state index contributed by atoms with van der Waals surface area (Å²) in [4.78, 5) is 17.0. The van der Waals surface area contributed by atoms with Crippen molar-refractivity contribution in [3.8, 4) is 0 Å². The van der Waals surface area contributed by atoms with Crippen LogP contribution in [0.4, 0.5) is 0 Å². The molecule has 2 heterocycles. The van der Waals surface area contributed by atoms with E-state index in [-0.39, 0.29) is 24.7 Å². The fraction of sp³-hybridized carbons (Fsp3) is 0.611. The largest absolute Gasteiger partial charge is 0.365 e. The topological polar surface area (TPSA) is 32.8 Å². The van der Waals surface area contributed by atoms with Crippen molar-refractivity contribution in [1.29, 1.82) is 0 Å². The zero-order valence-electron chi connectivity index (χ0n) is 13.0. The molecule has 0 radical (unpaired) electrons. The molecule has 0 aromatic heterocycles. The van der Waals surface area contributed by atoms with Gasteiger partial charge in [-0.3, -0.25) is 9.69 Å². The molecule has 3 fully saturated rings. The van der Waals surface area contributed by atoms with Crippen LogP contribution < -0.4 is 0 Å². The normalized spacial score (nSPS) is 30.0. The SMILES string of the molecule is O=C1CO[C@H]2CN(C3CCCC3)C[C@@H]2N1Cc1ccccc1. The second-order valence-corrected chi connectivity index (χ2v) is 6.82. The first-order valence-electron chi connectivity index (χ1n) is 8.50. The Morgan fingerprint density at radius 3 is 2.64 bits per heavy atom. The molecule has 0 N–H and O–H groups in total. The van der Waals surface area contributed by atoms with Crippen LogP contribution in [-0.2, 0) is 16.1 Å². The van der Waals surface area contributed by atoms with Crippen molar-refractivity contribution in [2.75, 3.05) is 19.7 Å². The fourth-order valence-corrected chi connectivity index (χ4v) is 4.25. The van der Waals surface area contributed by atoms with Gasteiger partial charge in [0.25, 0.3) is 0 Å². The minimum absolute atomic E-state index is 0.137. The molecule has 1 amide bonds. The highest BCUT2D eigenvalue weighted by molar-refractivity contribution is 5.78. The summed E-state index contributed by atoms with van der Waals surface area (Å²) in [6.45, 7) is 2.93. The number of carbonyl (C=O) groups is 1. The van der Waals surface area contributed by atoms with E-state index in [1.165, 1.54) is 31.2 Å². The van der Waals surface area contributed by atoms with E-state index in [4.69, 9.17) is 4.74 Å². The molecular formula is C18H24N2O2. The first-order valence-corrected chi connectivity index (χ1v) is 8.50. The summed E-state index contributed by atoms with van der Waals surface area (Å²) in [7, 11) is 0. The van der Waals surface area contributed by atoms with Gasteiger partial charge in [0.1, 0.15) is 6.61 Å². The smallest absolute Gasteiger partial charge is 0.249 e. The predicted octanol–water partition coefficient (Wildman–Crippen LogP) is 2.04. The summed E-state index contributed by atoms with van der Waals surface area (Å²) in [6.07, 6.45) is 5.52. The standard InChI is InChI=1S/C18H24N2O2/c21-18-13-22-17-12-19(15-8-4-5-9-15)11-16(17)20(18)10-14-6-2-1-3-7-14/h1-3,6-7,15-17H,4-5,8-13H2/t16-,17-/m0/s1. The van der Waals surface area contributed by atoms with Gasteiger partial charge in [-0.25, -0.2) is 0 Å². The number of carbonyl (C=O) groups excluding carboxylic acids is 1. The Kier molecular flexibility index (Phi) is 3.89. The number of morpholine rings is 1. The van der Waals surface area contributed by atoms with Crippen LogP contribution in [0.5, 0.6) is 0 Å². The van der Waals surface area contributed by atoms with E-state index in [1.54, 1.807) is 0 Å². The first kappa shape index (κ1) is 14.2. The third-order valence-corrected chi connectivity index (χ3v) is 5.44. The molecule has 22 heavy (non-hydrogen) atoms. The second kappa shape index (κ2) is 6.01. The third-order valence-electron chi connectivity index (χ3n) is 5.44. The maximum absolute atomic E-state index is 12.4. The van der Waals surface area contributed by atoms with E-state index in [2.05, 4.69) is 21.9 Å². The highest BCUT2D eigenvalue weighted by Gasteiger charge is 2.44. The molecule has 4 rings (SSSR count). The summed E-state index contributed by atoms with van der Waals surface area (Å²) in [5.74, 6) is 0.137. The zero-order valence-corrected chi connectivity index (χ0v) is 13.0. The number of benzene rings is 1. The predicted molar refractivity (Wildman–Crippen MR) is 84.3 cm³/mol. The summed E-state index contributed by atoms with van der Waals surface area (Å²) >= 11 is 0. The van der Waals surface area contributed by atoms with E-state index >= 15 is 0 Å². The van der Waals surface area contributed by atoms with Gasteiger partial charge in [0, 0.05) is 25.7 Å². The van der Waals surface area contributed by atoms with Crippen molar-refractivity contribution in [3.05, 3.63) is 35.9 Å². The lowest BCUT2D eigenvalue weighted by Gasteiger charge is -2.37. The molecule has 1 aliphatic carbocycles. The summed E-state index contributed by atoms with van der Waals surface area (Å²) < 4.78 is 5.84. The molecule has 2 atom stereocenters. The number of amides is 1. The molecular weight excluding hydrogens is 276 g/mol. The Morgan fingerprint density at radius 1 is 1.09 bits per heavy atom. The van der Waals surface area contributed by atoms with E-state index in [9.17, 15) is 4.79 Å². The van der Waals surface area contributed by atoms with Crippen LogP contribution >= 0.6 is 0 Å². The van der Waals surface area contributed by atoms with Crippen molar-refractivity contribution in [2.45, 2.75) is 50.4 Å². The summed E-state index contributed by atoms with van der Waals surface area (Å²) in [5.41, 5.74) is 1.20. The summed E-state index contributed by atoms with van der Waals surface area (Å²) in [5, 5.41) is 0. The molecule has 3 aliphatic rings. The van der Waals surface area contributed by atoms with E-state index in [1.807, 2.05) is 18.2 Å². The van der Waals surface area contributed by atoms with Crippen LogP contribution in [0.3, 0.4) is 0 Å². The van der Waals surface area contributed by atoms with Crippen molar-refractivity contribution in [2.24, 2.45) is 0 Å². The molecule has 2 aliphatic heterocycles. The maximum Gasteiger partial charge on any atom is 0.249 e. The minimum Gasteiger partial charge on any atom is -0.365 e. The van der Waals surface area contributed by atoms with Crippen molar-refractivity contribution >= 4 is 5.91 Å². The van der Waals surface area contributed by atoms with Crippen molar-refractivity contribution in [3.63, 3.8) is 0 Å². The molecule has 1 aromatic rings. The van der Waals surface area contributed by atoms with Crippen molar-refractivity contribution in [1.82, 2.24) is 9.80 Å². The molecule has 4 heteroatoms. The molecule has 2 saturated heterocycles. The minimum atomic E-state index is 0.137. The number of hydrogen-bond acceptors (Lipinski definition) is 3. The van der Waals surface area contributed by atoms with Crippen LogP contribution in [0.25, 0.3) is 0 Å². The lowest BCUT2D eigenvalue weighted by Crippen LogP contribution is -2.53. The van der Waals surface area contributed by atoms with E-state index in [0.717, 1.165) is 13.1 Å². The fourth-order valence-electron chi connectivity index (χ4n) is 4.25. The molecule has 4 nitrogen and oxygen atoms in total. The first-order chi connectivity index (χ1) is 10.8. The maximum atomic E-state index is 12.4. The number of rotatable bonds is 3. The highest BCUT2D eigenvalue weighted by atomic mass is 16.5. The quantitative estimate of drug-likeness (QED) is 0.856. The van der Waals surface area contributed by atoms with Gasteiger partial charge in [0.05, 0.1) is 12.1 Å². The molecule has 1 saturated carbocycles. The number of hydrogen-bond donors (Lipinski definition) is 0. The van der Waals surface area contributed by atoms with E-state index in [0.29, 0.717) is 12.6 Å². The van der Waals surface area contributed by atoms with Gasteiger partial charge in [-0.1, -0.05) is 43.2 Å². The lowest BCUT2D eigenvalue weighted by atomic mass is 10.1. The molecule has 1 aromatic carbocycles. The molecule has 0 bridgehead atoms. The number of nitrogens with zero attached hydrogens (tertiary/aromatic N) is 2. The summed E-state index contributed by atoms with van der Waals surface area (Å²) in [6, 6.07) is 11.2. The average Bonchev–Trinajstić information content (AvgIpc) is 3.20. The van der Waals surface area contributed by atoms with Gasteiger partial charge in [-0.2, -0.15) is 0 Å². The van der Waals surface area contributed by atoms with Crippen LogP contribution in [0.2, 0.25) is 0 Å². The van der Waals surface area contributed by atoms with Crippen LogP contribution in [0.1, 0.15) is 31.2 Å². The van der Waals surface area contributed by atoms with E-state index < -0.39 is 0 Å². The molecule has 0 unspecified atom stereocenters. The average molecular weight is 300 g/mol. The zero-order chi connectivity index (χ0) is 14.9.